The summed E-state index contributed by atoms with van der Waals surface area (Å²) < 4.78 is 10.8. The lowest BCUT2D eigenvalue weighted by Crippen LogP contribution is -2.28. The minimum absolute atomic E-state index is 0.0423. The molecular formula is C22H18N2O3. The van der Waals surface area contributed by atoms with Crippen molar-refractivity contribution >= 4 is 16.7 Å². The molecule has 0 spiro atoms. The highest BCUT2D eigenvalue weighted by Gasteiger charge is 2.09. The van der Waals surface area contributed by atoms with Crippen molar-refractivity contribution in [3.8, 4) is 17.1 Å². The molecule has 0 unspecified atom stereocenters. The van der Waals surface area contributed by atoms with Crippen LogP contribution in [0.1, 0.15) is 5.69 Å². The maximum Gasteiger partial charge on any atom is 0.258 e. The number of nitrogens with zero attached hydrogens (tertiary/aromatic N) is 1. The van der Waals surface area contributed by atoms with Gasteiger partial charge in [0.25, 0.3) is 5.91 Å². The second kappa shape index (κ2) is 7.74. The quantitative estimate of drug-likeness (QED) is 0.561. The van der Waals surface area contributed by atoms with E-state index in [0.717, 1.165) is 10.9 Å². The largest absolute Gasteiger partial charge is 0.484 e. The number of carbonyl (C=O) groups is 1. The fraction of sp³-hybridized carbons (Fsp3) is 0.0909. The summed E-state index contributed by atoms with van der Waals surface area (Å²) in [4.78, 5) is 11.9. The number of aromatic nitrogens is 1. The Balaban J connectivity index is 1.35. The molecule has 0 atom stereocenters. The zero-order chi connectivity index (χ0) is 18.5. The number of para-hydroxylation sites is 1. The van der Waals surface area contributed by atoms with Crippen molar-refractivity contribution in [2.75, 3.05) is 6.61 Å². The van der Waals surface area contributed by atoms with Crippen LogP contribution in [0.5, 0.6) is 5.75 Å². The van der Waals surface area contributed by atoms with Gasteiger partial charge in [-0.2, -0.15) is 0 Å². The van der Waals surface area contributed by atoms with Crippen LogP contribution in [0.15, 0.2) is 83.4 Å². The summed E-state index contributed by atoms with van der Waals surface area (Å²) in [5, 5.41) is 9.12. The topological polar surface area (TPSA) is 64.4 Å². The van der Waals surface area contributed by atoms with E-state index >= 15 is 0 Å². The van der Waals surface area contributed by atoms with Gasteiger partial charge in [-0.05, 0) is 29.0 Å². The molecule has 0 fully saturated rings. The number of nitrogens with one attached hydrogen (secondary N) is 1. The van der Waals surface area contributed by atoms with Gasteiger partial charge in [-0.15, -0.1) is 0 Å². The van der Waals surface area contributed by atoms with Crippen LogP contribution in [0.2, 0.25) is 0 Å². The van der Waals surface area contributed by atoms with Crippen LogP contribution in [0.3, 0.4) is 0 Å². The molecule has 1 amide bonds. The van der Waals surface area contributed by atoms with Crippen LogP contribution in [-0.2, 0) is 11.3 Å². The average molecular weight is 358 g/mol. The van der Waals surface area contributed by atoms with Crippen LogP contribution in [0.25, 0.3) is 22.1 Å². The van der Waals surface area contributed by atoms with Gasteiger partial charge in [-0.1, -0.05) is 59.8 Å². The molecule has 1 heterocycles. The van der Waals surface area contributed by atoms with Gasteiger partial charge < -0.3 is 14.6 Å². The molecule has 0 radical (unpaired) electrons. The summed E-state index contributed by atoms with van der Waals surface area (Å²) in [5.41, 5.74) is 1.61. The van der Waals surface area contributed by atoms with E-state index in [1.54, 1.807) is 12.1 Å². The maximum absolute atomic E-state index is 11.9. The molecule has 0 bridgehead atoms. The van der Waals surface area contributed by atoms with E-state index in [2.05, 4.69) is 34.7 Å². The summed E-state index contributed by atoms with van der Waals surface area (Å²) in [5.74, 6) is 1.12. The lowest BCUT2D eigenvalue weighted by molar-refractivity contribution is -0.123. The lowest BCUT2D eigenvalue weighted by Gasteiger charge is -2.05. The standard InChI is InChI=1S/C22H18N2O3/c25-22(15-26-20-8-2-1-3-9-20)23-14-19-13-21(27-24-19)18-11-10-16-6-4-5-7-17(16)12-18/h1-13H,14-15H2,(H,23,25). The normalized spacial score (nSPS) is 10.7. The highest BCUT2D eigenvalue weighted by atomic mass is 16.5. The molecule has 0 aliphatic rings. The first-order valence-electron chi connectivity index (χ1n) is 8.67. The first kappa shape index (κ1) is 16.8. The molecule has 1 aromatic heterocycles. The van der Waals surface area contributed by atoms with Crippen LogP contribution in [0, 0.1) is 0 Å². The predicted octanol–water partition coefficient (Wildman–Crippen LogP) is 4.19. The molecular weight excluding hydrogens is 340 g/mol. The number of hydrogen-bond donors (Lipinski definition) is 1. The third-order valence-corrected chi connectivity index (χ3v) is 4.17. The summed E-state index contributed by atoms with van der Waals surface area (Å²) in [7, 11) is 0. The molecule has 0 aliphatic heterocycles. The third kappa shape index (κ3) is 4.15. The number of hydrogen-bond acceptors (Lipinski definition) is 4. The first-order chi connectivity index (χ1) is 13.3. The Morgan fingerprint density at radius 1 is 0.926 bits per heavy atom. The summed E-state index contributed by atoms with van der Waals surface area (Å²) in [6.07, 6.45) is 0. The van der Waals surface area contributed by atoms with Crippen molar-refractivity contribution in [3.05, 3.63) is 84.6 Å². The number of rotatable bonds is 6. The Hall–Kier alpha value is -3.60. The van der Waals surface area contributed by atoms with E-state index in [9.17, 15) is 4.79 Å². The average Bonchev–Trinajstić information content (AvgIpc) is 3.20. The van der Waals surface area contributed by atoms with E-state index in [1.165, 1.54) is 5.39 Å². The second-order valence-electron chi connectivity index (χ2n) is 6.12. The van der Waals surface area contributed by atoms with Crippen molar-refractivity contribution in [2.45, 2.75) is 6.54 Å². The van der Waals surface area contributed by atoms with Crippen molar-refractivity contribution in [1.29, 1.82) is 0 Å². The van der Waals surface area contributed by atoms with Gasteiger partial charge >= 0.3 is 0 Å². The SMILES string of the molecule is O=C(COc1ccccc1)NCc1cc(-c2ccc3ccccc3c2)on1. The van der Waals surface area contributed by atoms with E-state index in [0.29, 0.717) is 17.2 Å². The fourth-order valence-corrected chi connectivity index (χ4v) is 2.78. The van der Waals surface area contributed by atoms with Gasteiger partial charge in [0, 0.05) is 11.6 Å². The number of ether oxygens (including phenoxy) is 1. The third-order valence-electron chi connectivity index (χ3n) is 4.17. The highest BCUT2D eigenvalue weighted by molar-refractivity contribution is 5.86. The van der Waals surface area contributed by atoms with Crippen molar-refractivity contribution in [1.82, 2.24) is 10.5 Å². The van der Waals surface area contributed by atoms with E-state index in [1.807, 2.05) is 42.5 Å². The van der Waals surface area contributed by atoms with Crippen LogP contribution < -0.4 is 10.1 Å². The van der Waals surface area contributed by atoms with E-state index in [-0.39, 0.29) is 19.1 Å². The zero-order valence-corrected chi connectivity index (χ0v) is 14.6. The lowest BCUT2D eigenvalue weighted by atomic mass is 10.1. The van der Waals surface area contributed by atoms with Crippen LogP contribution in [0.4, 0.5) is 0 Å². The molecule has 0 aliphatic carbocycles. The zero-order valence-electron chi connectivity index (χ0n) is 14.6. The minimum Gasteiger partial charge on any atom is -0.484 e. The summed E-state index contributed by atoms with van der Waals surface area (Å²) >= 11 is 0. The predicted molar refractivity (Wildman–Crippen MR) is 103 cm³/mol. The van der Waals surface area contributed by atoms with Gasteiger partial charge in [0.05, 0.1) is 6.54 Å². The summed E-state index contributed by atoms with van der Waals surface area (Å²) in [6, 6.07) is 25.3. The Kier molecular flexibility index (Phi) is 4.83. The molecule has 27 heavy (non-hydrogen) atoms. The smallest absolute Gasteiger partial charge is 0.258 e. The minimum atomic E-state index is -0.214. The fourth-order valence-electron chi connectivity index (χ4n) is 2.78. The maximum atomic E-state index is 11.9. The van der Waals surface area contributed by atoms with Gasteiger partial charge in [-0.3, -0.25) is 4.79 Å². The van der Waals surface area contributed by atoms with Crippen LogP contribution in [-0.4, -0.2) is 17.7 Å². The number of benzene rings is 3. The Morgan fingerprint density at radius 2 is 1.70 bits per heavy atom. The molecule has 3 aromatic carbocycles. The van der Waals surface area contributed by atoms with E-state index < -0.39 is 0 Å². The monoisotopic (exact) mass is 358 g/mol. The molecule has 4 aromatic rings. The number of fused-ring (bicyclic) bond motifs is 1. The van der Waals surface area contributed by atoms with Gasteiger partial charge in [0.15, 0.2) is 12.4 Å². The van der Waals surface area contributed by atoms with Gasteiger partial charge in [0.2, 0.25) is 0 Å². The molecule has 5 heteroatoms. The molecule has 134 valence electrons. The Labute approximate surface area is 156 Å². The number of carbonyl (C=O) groups excluding carboxylic acids is 1. The van der Waals surface area contributed by atoms with Crippen molar-refractivity contribution in [2.24, 2.45) is 0 Å². The number of amides is 1. The first-order valence-corrected chi connectivity index (χ1v) is 8.67. The molecule has 4 rings (SSSR count). The van der Waals surface area contributed by atoms with Gasteiger partial charge in [-0.25, -0.2) is 0 Å². The van der Waals surface area contributed by atoms with Gasteiger partial charge in [0.1, 0.15) is 11.4 Å². The van der Waals surface area contributed by atoms with E-state index in [4.69, 9.17) is 9.26 Å². The molecule has 0 saturated heterocycles. The molecule has 1 N–H and O–H groups in total. The Bertz CT molecular complexity index is 1060. The van der Waals surface area contributed by atoms with Crippen molar-refractivity contribution < 1.29 is 14.1 Å². The molecule has 5 nitrogen and oxygen atoms in total. The van der Waals surface area contributed by atoms with Crippen molar-refractivity contribution in [3.63, 3.8) is 0 Å². The second-order valence-corrected chi connectivity index (χ2v) is 6.12. The highest BCUT2D eigenvalue weighted by Crippen LogP contribution is 2.25. The molecule has 0 saturated carbocycles. The van der Waals surface area contributed by atoms with Crippen LogP contribution >= 0.6 is 0 Å². The summed E-state index contributed by atoms with van der Waals surface area (Å²) in [6.45, 7) is 0.244. The Morgan fingerprint density at radius 3 is 2.56 bits per heavy atom.